The van der Waals surface area contributed by atoms with Gasteiger partial charge in [0.25, 0.3) is 0 Å². The second kappa shape index (κ2) is 48.6. The molecular formula is C61H98O12. The van der Waals surface area contributed by atoms with Crippen LogP contribution in [0.3, 0.4) is 0 Å². The topological polar surface area (TPSA) is 175 Å². The van der Waals surface area contributed by atoms with E-state index in [-0.39, 0.29) is 25.9 Å². The van der Waals surface area contributed by atoms with Crippen LogP contribution in [-0.2, 0) is 42.9 Å². The van der Waals surface area contributed by atoms with E-state index >= 15 is 0 Å². The summed E-state index contributed by atoms with van der Waals surface area (Å²) in [4.78, 5) is 51.0. The quantitative estimate of drug-likeness (QED) is 0.0228. The first-order valence-electron chi connectivity index (χ1n) is 28.2. The van der Waals surface area contributed by atoms with Gasteiger partial charge in [-0.05, 0) is 109 Å². The second-order valence-corrected chi connectivity index (χ2v) is 18.8. The molecule has 1 saturated heterocycles. The molecule has 6 unspecified atom stereocenters. The monoisotopic (exact) mass is 1020 g/mol. The summed E-state index contributed by atoms with van der Waals surface area (Å²) in [6.07, 6.45) is 51.0. The maximum atomic E-state index is 13.1. The van der Waals surface area contributed by atoms with E-state index in [0.29, 0.717) is 25.7 Å². The maximum absolute atomic E-state index is 13.1. The molecule has 0 spiro atoms. The highest BCUT2D eigenvalue weighted by atomic mass is 16.7. The molecule has 0 bridgehead atoms. The Morgan fingerprint density at radius 3 is 1.42 bits per heavy atom. The highest BCUT2D eigenvalue weighted by molar-refractivity contribution is 5.74. The van der Waals surface area contributed by atoms with Crippen molar-refractivity contribution in [2.45, 2.75) is 250 Å². The maximum Gasteiger partial charge on any atom is 0.335 e. The minimum absolute atomic E-state index is 0.0336. The lowest BCUT2D eigenvalue weighted by molar-refractivity contribution is -0.301. The summed E-state index contributed by atoms with van der Waals surface area (Å²) >= 11 is 0. The number of aliphatic hydroxyl groups excluding tert-OH is 2. The average molecular weight is 1020 g/mol. The number of aliphatic hydroxyl groups is 2. The number of carboxylic acid groups (broad SMARTS) is 1. The van der Waals surface area contributed by atoms with E-state index in [2.05, 4.69) is 112 Å². The Labute approximate surface area is 441 Å². The van der Waals surface area contributed by atoms with Crippen molar-refractivity contribution in [2.75, 3.05) is 13.2 Å². The van der Waals surface area contributed by atoms with E-state index in [9.17, 15) is 34.5 Å². The molecule has 73 heavy (non-hydrogen) atoms. The van der Waals surface area contributed by atoms with Crippen LogP contribution in [0.5, 0.6) is 0 Å². The normalized spacial score (nSPS) is 19.1. The van der Waals surface area contributed by atoms with Crippen LogP contribution < -0.4 is 0 Å². The average Bonchev–Trinajstić information content (AvgIpc) is 3.37. The van der Waals surface area contributed by atoms with E-state index in [1.54, 1.807) is 0 Å². The molecule has 0 aromatic carbocycles. The fraction of sp³-hybridized carbons (Fsp3) is 0.672. The van der Waals surface area contributed by atoms with Gasteiger partial charge in [-0.3, -0.25) is 14.4 Å². The van der Waals surface area contributed by atoms with Gasteiger partial charge in [0.1, 0.15) is 18.8 Å². The third-order valence-electron chi connectivity index (χ3n) is 12.1. The van der Waals surface area contributed by atoms with Gasteiger partial charge in [-0.2, -0.15) is 0 Å². The summed E-state index contributed by atoms with van der Waals surface area (Å²) in [5, 5.41) is 31.4. The number of aliphatic carboxylic acids is 1. The number of hydrogen-bond donors (Lipinski definition) is 3. The molecule has 0 radical (unpaired) electrons. The van der Waals surface area contributed by atoms with Crippen LogP contribution in [0.1, 0.15) is 213 Å². The number of rotatable bonds is 46. The number of unbranched alkanes of at least 4 members (excludes halogenated alkanes) is 16. The van der Waals surface area contributed by atoms with E-state index < -0.39 is 67.3 Å². The molecule has 1 aliphatic heterocycles. The van der Waals surface area contributed by atoms with Gasteiger partial charge in [0.2, 0.25) is 0 Å². The van der Waals surface area contributed by atoms with Crippen LogP contribution in [-0.4, -0.2) is 89.2 Å². The Morgan fingerprint density at radius 2 is 0.904 bits per heavy atom. The number of allylic oxidation sites excluding steroid dienone is 16. The van der Waals surface area contributed by atoms with Gasteiger partial charge in [-0.15, -0.1) is 0 Å². The van der Waals surface area contributed by atoms with Crippen molar-refractivity contribution in [2.24, 2.45) is 0 Å². The first kappa shape index (κ1) is 66.7. The Bertz CT molecular complexity index is 1640. The van der Waals surface area contributed by atoms with Gasteiger partial charge in [-0.25, -0.2) is 4.79 Å². The van der Waals surface area contributed by atoms with Crippen LogP contribution in [0, 0.1) is 0 Å². The highest BCUT2D eigenvalue weighted by Crippen LogP contribution is 2.26. The Morgan fingerprint density at radius 1 is 0.466 bits per heavy atom. The largest absolute Gasteiger partial charge is 0.479 e. The molecule has 12 nitrogen and oxygen atoms in total. The van der Waals surface area contributed by atoms with Gasteiger partial charge in [-0.1, -0.05) is 182 Å². The van der Waals surface area contributed by atoms with E-state index in [4.69, 9.17) is 23.7 Å². The van der Waals surface area contributed by atoms with Crippen molar-refractivity contribution < 1.29 is 58.2 Å². The summed E-state index contributed by atoms with van der Waals surface area (Å²) in [7, 11) is 0. The smallest absolute Gasteiger partial charge is 0.335 e. The SMILES string of the molecule is CC/C=C\C/C=C\C/C=C\C/C=C\C/C=C\CCCC(=O)OCC(COC1OC(C(=O)O)C(O)C(O)C1OC(=O)CCCCCCC/C=C\C/C=C\CCC)OC(=O)CCCCCCC/C=C\CCCCCC. The number of hydrogen-bond acceptors (Lipinski definition) is 11. The molecule has 1 rings (SSSR count). The van der Waals surface area contributed by atoms with Crippen molar-refractivity contribution in [1.82, 2.24) is 0 Å². The third kappa shape index (κ3) is 38.8. The summed E-state index contributed by atoms with van der Waals surface area (Å²) < 4.78 is 28.3. The molecule has 0 aromatic heterocycles. The molecule has 1 fully saturated rings. The predicted octanol–water partition coefficient (Wildman–Crippen LogP) is 14.1. The zero-order valence-corrected chi connectivity index (χ0v) is 45.3. The summed E-state index contributed by atoms with van der Waals surface area (Å²) in [6, 6.07) is 0. The Balaban J connectivity index is 2.76. The van der Waals surface area contributed by atoms with Crippen molar-refractivity contribution >= 4 is 23.9 Å². The molecule has 6 atom stereocenters. The molecule has 0 aromatic rings. The van der Waals surface area contributed by atoms with Gasteiger partial charge < -0.3 is 39.0 Å². The lowest BCUT2D eigenvalue weighted by Gasteiger charge is -2.40. The van der Waals surface area contributed by atoms with Crippen LogP contribution in [0.2, 0.25) is 0 Å². The number of carbonyl (C=O) groups is 4. The van der Waals surface area contributed by atoms with Crippen molar-refractivity contribution in [3.63, 3.8) is 0 Å². The van der Waals surface area contributed by atoms with Crippen LogP contribution >= 0.6 is 0 Å². The minimum atomic E-state index is -1.92. The molecule has 12 heteroatoms. The van der Waals surface area contributed by atoms with Crippen molar-refractivity contribution in [3.8, 4) is 0 Å². The van der Waals surface area contributed by atoms with E-state index in [0.717, 1.165) is 122 Å². The second-order valence-electron chi connectivity index (χ2n) is 18.8. The fourth-order valence-electron chi connectivity index (χ4n) is 7.79. The lowest BCUT2D eigenvalue weighted by atomic mass is 9.98. The third-order valence-corrected chi connectivity index (χ3v) is 12.1. The molecule has 1 heterocycles. The highest BCUT2D eigenvalue weighted by Gasteiger charge is 2.50. The molecular weight excluding hydrogens is 925 g/mol. The predicted molar refractivity (Wildman–Crippen MR) is 294 cm³/mol. The lowest BCUT2D eigenvalue weighted by Crippen LogP contribution is -2.61. The first-order chi connectivity index (χ1) is 35.6. The van der Waals surface area contributed by atoms with Crippen LogP contribution in [0.15, 0.2) is 97.2 Å². The standard InChI is InChI=1S/C61H98O12/c1-4-7-10-13-16-19-22-25-26-27-28-31-32-35-38-41-44-47-53(62)69-50-52(71-54(63)48-45-42-39-36-33-29-23-20-17-14-11-8-5-2)51-70-61-59(57(66)56(65)58(73-61)60(67)68)72-55(64)49-46-43-40-37-34-30-24-21-18-15-12-9-6-3/h7,10,12,15-16,19-21,23-26,28,31,35,38,52,56-59,61,65-66H,4-6,8-9,11,13-14,17-18,22,27,29-30,32-34,36-37,39-51H2,1-3H3,(H,67,68)/b10-7-,15-12-,19-16-,23-20-,24-21-,26-25-,31-28-,38-35-. The van der Waals surface area contributed by atoms with Crippen LogP contribution in [0.4, 0.5) is 0 Å². The summed E-state index contributed by atoms with van der Waals surface area (Å²) in [6.45, 7) is 5.71. The zero-order chi connectivity index (χ0) is 53.3. The minimum Gasteiger partial charge on any atom is -0.479 e. The van der Waals surface area contributed by atoms with Gasteiger partial charge >= 0.3 is 23.9 Å². The molecule has 1 aliphatic rings. The number of carbonyl (C=O) groups excluding carboxylic acids is 3. The molecule has 414 valence electrons. The zero-order valence-electron chi connectivity index (χ0n) is 45.3. The summed E-state index contributed by atoms with van der Waals surface area (Å²) in [5.74, 6) is -3.24. The van der Waals surface area contributed by atoms with Gasteiger partial charge in [0.15, 0.2) is 24.6 Å². The van der Waals surface area contributed by atoms with Gasteiger partial charge in [0.05, 0.1) is 6.61 Å². The Kier molecular flexibility index (Phi) is 44.4. The van der Waals surface area contributed by atoms with Gasteiger partial charge in [0, 0.05) is 19.3 Å². The molecule has 3 N–H and O–H groups in total. The molecule has 0 amide bonds. The molecule has 0 aliphatic carbocycles. The summed E-state index contributed by atoms with van der Waals surface area (Å²) in [5.41, 5.74) is 0. The van der Waals surface area contributed by atoms with E-state index in [1.165, 1.54) is 25.7 Å². The van der Waals surface area contributed by atoms with Crippen molar-refractivity contribution in [1.29, 1.82) is 0 Å². The number of esters is 3. The number of carboxylic acids is 1. The fourth-order valence-corrected chi connectivity index (χ4v) is 7.79. The van der Waals surface area contributed by atoms with Crippen LogP contribution in [0.25, 0.3) is 0 Å². The molecule has 0 saturated carbocycles. The Hall–Kier alpha value is -4.36. The van der Waals surface area contributed by atoms with E-state index in [1.807, 2.05) is 6.08 Å². The first-order valence-corrected chi connectivity index (χ1v) is 28.2. The van der Waals surface area contributed by atoms with Crippen molar-refractivity contribution in [3.05, 3.63) is 97.2 Å². The number of ether oxygens (including phenoxy) is 5.